The molecule has 1 aromatic rings. The topological polar surface area (TPSA) is 66.4 Å². The molecule has 0 aliphatic rings. The molecule has 19 heavy (non-hydrogen) atoms. The lowest BCUT2D eigenvalue weighted by Crippen LogP contribution is -2.39. The van der Waals surface area contributed by atoms with Crippen LogP contribution >= 0.6 is 0 Å². The highest BCUT2D eigenvalue weighted by molar-refractivity contribution is 5.94. The minimum atomic E-state index is -1.00. The van der Waals surface area contributed by atoms with Crippen LogP contribution < -0.4 is 5.32 Å². The van der Waals surface area contributed by atoms with Crippen LogP contribution in [-0.4, -0.2) is 23.0 Å². The SMILES string of the molecule is CCCC(NC(=O)/C=C/c1ccccc1C)C(=O)O. The molecule has 0 heterocycles. The second kappa shape index (κ2) is 7.36. The zero-order valence-electron chi connectivity index (χ0n) is 11.2. The Morgan fingerprint density at radius 2 is 2.05 bits per heavy atom. The summed E-state index contributed by atoms with van der Waals surface area (Å²) in [5, 5.41) is 11.4. The zero-order chi connectivity index (χ0) is 14.3. The lowest BCUT2D eigenvalue weighted by atomic mass is 10.1. The zero-order valence-corrected chi connectivity index (χ0v) is 11.2. The van der Waals surface area contributed by atoms with Gasteiger partial charge in [0, 0.05) is 6.08 Å². The van der Waals surface area contributed by atoms with Crippen LogP contribution in [0.2, 0.25) is 0 Å². The van der Waals surface area contributed by atoms with E-state index in [4.69, 9.17) is 5.11 Å². The van der Waals surface area contributed by atoms with Gasteiger partial charge >= 0.3 is 5.97 Å². The molecule has 0 saturated heterocycles. The maximum absolute atomic E-state index is 11.7. The minimum Gasteiger partial charge on any atom is -0.480 e. The summed E-state index contributed by atoms with van der Waals surface area (Å²) >= 11 is 0. The standard InChI is InChI=1S/C15H19NO3/c1-3-6-13(15(18)19)16-14(17)10-9-12-8-5-4-7-11(12)2/h4-5,7-10,13H,3,6H2,1-2H3,(H,16,17)(H,18,19)/b10-9+. The molecule has 1 amide bonds. The number of carbonyl (C=O) groups excluding carboxylic acids is 1. The number of aryl methyl sites for hydroxylation is 1. The third-order valence-corrected chi connectivity index (χ3v) is 2.79. The average Bonchev–Trinajstić information content (AvgIpc) is 2.37. The number of hydrogen-bond acceptors (Lipinski definition) is 2. The molecule has 2 N–H and O–H groups in total. The van der Waals surface area contributed by atoms with E-state index >= 15 is 0 Å². The Labute approximate surface area is 113 Å². The molecule has 0 spiro atoms. The molecule has 4 heteroatoms. The Balaban J connectivity index is 2.64. The lowest BCUT2D eigenvalue weighted by Gasteiger charge is -2.11. The van der Waals surface area contributed by atoms with Gasteiger partial charge in [-0.1, -0.05) is 37.6 Å². The van der Waals surface area contributed by atoms with Crippen molar-refractivity contribution in [1.29, 1.82) is 0 Å². The van der Waals surface area contributed by atoms with E-state index in [9.17, 15) is 9.59 Å². The maximum Gasteiger partial charge on any atom is 0.326 e. The monoisotopic (exact) mass is 261 g/mol. The van der Waals surface area contributed by atoms with E-state index in [1.54, 1.807) is 6.08 Å². The van der Waals surface area contributed by atoms with Gasteiger partial charge in [0.25, 0.3) is 0 Å². The predicted molar refractivity (Wildman–Crippen MR) is 74.7 cm³/mol. The van der Waals surface area contributed by atoms with Crippen molar-refractivity contribution < 1.29 is 14.7 Å². The van der Waals surface area contributed by atoms with Gasteiger partial charge in [0.05, 0.1) is 0 Å². The van der Waals surface area contributed by atoms with Crippen LogP contribution in [0.1, 0.15) is 30.9 Å². The van der Waals surface area contributed by atoms with E-state index in [2.05, 4.69) is 5.32 Å². The van der Waals surface area contributed by atoms with Crippen LogP contribution in [0.3, 0.4) is 0 Å². The minimum absolute atomic E-state index is 0.385. The number of carboxylic acids is 1. The molecular formula is C15H19NO3. The molecule has 1 atom stereocenters. The van der Waals surface area contributed by atoms with Crippen molar-refractivity contribution in [3.8, 4) is 0 Å². The first kappa shape index (κ1) is 15.0. The highest BCUT2D eigenvalue weighted by Crippen LogP contribution is 2.08. The van der Waals surface area contributed by atoms with Crippen molar-refractivity contribution in [3.05, 3.63) is 41.5 Å². The van der Waals surface area contributed by atoms with Crippen molar-refractivity contribution in [3.63, 3.8) is 0 Å². The summed E-state index contributed by atoms with van der Waals surface area (Å²) in [7, 11) is 0. The van der Waals surface area contributed by atoms with E-state index in [1.165, 1.54) is 6.08 Å². The van der Waals surface area contributed by atoms with Crippen molar-refractivity contribution in [1.82, 2.24) is 5.32 Å². The molecule has 1 unspecified atom stereocenters. The van der Waals surface area contributed by atoms with Crippen molar-refractivity contribution in [2.45, 2.75) is 32.7 Å². The van der Waals surface area contributed by atoms with E-state index in [1.807, 2.05) is 38.1 Å². The molecule has 0 saturated carbocycles. The normalized spacial score (nSPS) is 12.3. The number of carboxylic acid groups (broad SMARTS) is 1. The number of aliphatic carboxylic acids is 1. The number of nitrogens with one attached hydrogen (secondary N) is 1. The van der Waals surface area contributed by atoms with Crippen molar-refractivity contribution in [2.24, 2.45) is 0 Å². The van der Waals surface area contributed by atoms with Gasteiger partial charge in [-0.25, -0.2) is 4.79 Å². The Hall–Kier alpha value is -2.10. The van der Waals surface area contributed by atoms with Crippen LogP contribution in [0.25, 0.3) is 6.08 Å². The van der Waals surface area contributed by atoms with Gasteiger partial charge in [0.15, 0.2) is 0 Å². The van der Waals surface area contributed by atoms with Gasteiger partial charge in [0.1, 0.15) is 6.04 Å². The molecule has 0 bridgehead atoms. The number of benzene rings is 1. The van der Waals surface area contributed by atoms with Gasteiger partial charge in [-0.05, 0) is 30.5 Å². The quantitative estimate of drug-likeness (QED) is 0.773. The number of hydrogen-bond donors (Lipinski definition) is 2. The fourth-order valence-electron chi connectivity index (χ4n) is 1.71. The first-order valence-corrected chi connectivity index (χ1v) is 6.31. The van der Waals surface area contributed by atoms with E-state index in [0.717, 1.165) is 11.1 Å². The van der Waals surface area contributed by atoms with Gasteiger partial charge in [-0.3, -0.25) is 4.79 Å². The van der Waals surface area contributed by atoms with Crippen LogP contribution in [0, 0.1) is 6.92 Å². The highest BCUT2D eigenvalue weighted by atomic mass is 16.4. The third kappa shape index (κ3) is 4.95. The molecule has 1 rings (SSSR count). The van der Waals surface area contributed by atoms with Crippen molar-refractivity contribution in [2.75, 3.05) is 0 Å². The summed E-state index contributed by atoms with van der Waals surface area (Å²) in [5.41, 5.74) is 2.01. The average molecular weight is 261 g/mol. The summed E-state index contributed by atoms with van der Waals surface area (Å²) in [4.78, 5) is 22.6. The summed E-state index contributed by atoms with van der Waals surface area (Å²) in [6, 6.07) is 6.85. The molecular weight excluding hydrogens is 242 g/mol. The van der Waals surface area contributed by atoms with Crippen molar-refractivity contribution >= 4 is 18.0 Å². The van der Waals surface area contributed by atoms with E-state index in [-0.39, 0.29) is 5.91 Å². The lowest BCUT2D eigenvalue weighted by molar-refractivity contribution is -0.141. The molecule has 4 nitrogen and oxygen atoms in total. The summed E-state index contributed by atoms with van der Waals surface area (Å²) < 4.78 is 0. The molecule has 0 aliphatic heterocycles. The third-order valence-electron chi connectivity index (χ3n) is 2.79. The van der Waals surface area contributed by atoms with Crippen LogP contribution in [0.5, 0.6) is 0 Å². The molecule has 0 radical (unpaired) electrons. The molecule has 0 fully saturated rings. The fourth-order valence-corrected chi connectivity index (χ4v) is 1.71. The van der Waals surface area contributed by atoms with Gasteiger partial charge in [0.2, 0.25) is 5.91 Å². The second-order valence-corrected chi connectivity index (χ2v) is 4.38. The summed E-state index contributed by atoms with van der Waals surface area (Å²) in [5.74, 6) is -1.39. The maximum atomic E-state index is 11.7. The Kier molecular flexibility index (Phi) is 5.79. The van der Waals surface area contributed by atoms with Crippen LogP contribution in [-0.2, 0) is 9.59 Å². The summed E-state index contributed by atoms with van der Waals surface area (Å²) in [6.45, 7) is 3.83. The van der Waals surface area contributed by atoms with E-state index in [0.29, 0.717) is 12.8 Å². The van der Waals surface area contributed by atoms with Gasteiger partial charge < -0.3 is 10.4 Å². The highest BCUT2D eigenvalue weighted by Gasteiger charge is 2.17. The molecule has 1 aromatic carbocycles. The second-order valence-electron chi connectivity index (χ2n) is 4.38. The van der Waals surface area contributed by atoms with E-state index < -0.39 is 12.0 Å². The van der Waals surface area contributed by atoms with Crippen LogP contribution in [0.15, 0.2) is 30.3 Å². The Bertz CT molecular complexity index is 480. The van der Waals surface area contributed by atoms with Gasteiger partial charge in [-0.2, -0.15) is 0 Å². The largest absolute Gasteiger partial charge is 0.480 e. The Morgan fingerprint density at radius 3 is 2.63 bits per heavy atom. The summed E-state index contributed by atoms with van der Waals surface area (Å²) in [6.07, 6.45) is 4.20. The number of amides is 1. The Morgan fingerprint density at radius 1 is 1.37 bits per heavy atom. The number of rotatable bonds is 6. The smallest absolute Gasteiger partial charge is 0.326 e. The molecule has 0 aliphatic carbocycles. The first-order chi connectivity index (χ1) is 9.04. The van der Waals surface area contributed by atoms with Crippen LogP contribution in [0.4, 0.5) is 0 Å². The molecule has 102 valence electrons. The fraction of sp³-hybridized carbons (Fsp3) is 0.333. The van der Waals surface area contributed by atoms with Gasteiger partial charge in [-0.15, -0.1) is 0 Å². The predicted octanol–water partition coefficient (Wildman–Crippen LogP) is 2.38. The first-order valence-electron chi connectivity index (χ1n) is 6.31. The number of carbonyl (C=O) groups is 2. The molecule has 0 aromatic heterocycles.